The van der Waals surface area contributed by atoms with Crippen molar-refractivity contribution < 1.29 is 4.74 Å². The normalized spacial score (nSPS) is 19.9. The Morgan fingerprint density at radius 3 is 2.50 bits per heavy atom. The Kier molecular flexibility index (Phi) is 4.35. The van der Waals surface area contributed by atoms with Crippen molar-refractivity contribution in [3.05, 3.63) is 11.3 Å². The molecule has 0 saturated carbocycles. The number of nitrogens with zero attached hydrogens (tertiary/aromatic N) is 3. The van der Waals surface area contributed by atoms with Crippen LogP contribution in [0.4, 0.5) is 5.82 Å². The summed E-state index contributed by atoms with van der Waals surface area (Å²) in [5.41, 5.74) is 2.50. The standard InChI is InChI=1S/C15H24N4O/c1-20-15-17-13-7-9-16-8-6-12(13)14(18-15)19-10-4-2-3-5-11-19/h16H,2-11H2,1H3. The lowest BCUT2D eigenvalue weighted by molar-refractivity contribution is 0.377. The second-order valence-corrected chi connectivity index (χ2v) is 5.61. The van der Waals surface area contributed by atoms with Gasteiger partial charge in [0.05, 0.1) is 12.8 Å². The average Bonchev–Trinajstić information content (AvgIpc) is 2.88. The molecular weight excluding hydrogens is 252 g/mol. The van der Waals surface area contributed by atoms with E-state index in [1.165, 1.54) is 36.9 Å². The van der Waals surface area contributed by atoms with E-state index < -0.39 is 0 Å². The first-order chi connectivity index (χ1) is 9.88. The fourth-order valence-corrected chi connectivity index (χ4v) is 3.14. The quantitative estimate of drug-likeness (QED) is 0.888. The van der Waals surface area contributed by atoms with Crippen LogP contribution in [0, 0.1) is 0 Å². The Morgan fingerprint density at radius 2 is 1.75 bits per heavy atom. The van der Waals surface area contributed by atoms with Crippen LogP contribution >= 0.6 is 0 Å². The molecule has 20 heavy (non-hydrogen) atoms. The average molecular weight is 276 g/mol. The van der Waals surface area contributed by atoms with Crippen LogP contribution in [0.15, 0.2) is 0 Å². The highest BCUT2D eigenvalue weighted by Crippen LogP contribution is 2.27. The third kappa shape index (κ3) is 2.87. The number of aromatic nitrogens is 2. The van der Waals surface area contributed by atoms with E-state index in [2.05, 4.69) is 20.2 Å². The van der Waals surface area contributed by atoms with Crippen LogP contribution in [0.2, 0.25) is 0 Å². The fourth-order valence-electron chi connectivity index (χ4n) is 3.14. The number of rotatable bonds is 2. The van der Waals surface area contributed by atoms with Gasteiger partial charge < -0.3 is 15.0 Å². The molecule has 1 aromatic rings. The highest BCUT2D eigenvalue weighted by Gasteiger charge is 2.21. The minimum Gasteiger partial charge on any atom is -0.467 e. The van der Waals surface area contributed by atoms with E-state index in [0.717, 1.165) is 44.8 Å². The molecule has 1 saturated heterocycles. The lowest BCUT2D eigenvalue weighted by Gasteiger charge is -2.25. The van der Waals surface area contributed by atoms with Crippen LogP contribution in [0.5, 0.6) is 6.01 Å². The Balaban J connectivity index is 1.98. The van der Waals surface area contributed by atoms with Gasteiger partial charge >= 0.3 is 6.01 Å². The van der Waals surface area contributed by atoms with Gasteiger partial charge in [-0.05, 0) is 25.8 Å². The Bertz CT molecular complexity index is 455. The maximum Gasteiger partial charge on any atom is 0.318 e. The van der Waals surface area contributed by atoms with Gasteiger partial charge in [0.15, 0.2) is 0 Å². The van der Waals surface area contributed by atoms with Crippen LogP contribution < -0.4 is 15.0 Å². The first-order valence-electron chi connectivity index (χ1n) is 7.78. The summed E-state index contributed by atoms with van der Waals surface area (Å²) in [6.45, 7) is 4.23. The Morgan fingerprint density at radius 1 is 1.00 bits per heavy atom. The molecule has 3 rings (SSSR count). The van der Waals surface area contributed by atoms with Gasteiger partial charge in [0.2, 0.25) is 0 Å². The molecule has 1 aromatic heterocycles. The van der Waals surface area contributed by atoms with E-state index >= 15 is 0 Å². The van der Waals surface area contributed by atoms with Gasteiger partial charge in [-0.2, -0.15) is 9.97 Å². The molecule has 110 valence electrons. The zero-order chi connectivity index (χ0) is 13.8. The fraction of sp³-hybridized carbons (Fsp3) is 0.733. The van der Waals surface area contributed by atoms with E-state index in [-0.39, 0.29) is 0 Å². The molecule has 5 nitrogen and oxygen atoms in total. The number of hydrogen-bond acceptors (Lipinski definition) is 5. The van der Waals surface area contributed by atoms with Crippen LogP contribution in [-0.2, 0) is 12.8 Å². The highest BCUT2D eigenvalue weighted by atomic mass is 16.5. The lowest BCUT2D eigenvalue weighted by Crippen LogP contribution is -2.27. The minimum atomic E-state index is 0.518. The molecule has 0 unspecified atom stereocenters. The smallest absolute Gasteiger partial charge is 0.318 e. The Labute approximate surface area is 120 Å². The SMILES string of the molecule is COc1nc2c(c(N3CCCCCC3)n1)CCNCC2. The molecule has 0 aromatic carbocycles. The highest BCUT2D eigenvalue weighted by molar-refractivity contribution is 5.51. The monoisotopic (exact) mass is 276 g/mol. The summed E-state index contributed by atoms with van der Waals surface area (Å²) in [6, 6.07) is 0.518. The van der Waals surface area contributed by atoms with E-state index in [9.17, 15) is 0 Å². The molecular formula is C15H24N4O. The topological polar surface area (TPSA) is 50.3 Å². The summed E-state index contributed by atoms with van der Waals surface area (Å²) in [4.78, 5) is 11.7. The van der Waals surface area contributed by atoms with Gasteiger partial charge in [-0.1, -0.05) is 12.8 Å². The van der Waals surface area contributed by atoms with E-state index in [0.29, 0.717) is 6.01 Å². The lowest BCUT2D eigenvalue weighted by atomic mass is 10.1. The van der Waals surface area contributed by atoms with E-state index in [1.54, 1.807) is 7.11 Å². The van der Waals surface area contributed by atoms with Gasteiger partial charge in [-0.15, -0.1) is 0 Å². The first-order valence-corrected chi connectivity index (χ1v) is 7.78. The zero-order valence-corrected chi connectivity index (χ0v) is 12.3. The predicted molar refractivity (Wildman–Crippen MR) is 79.5 cm³/mol. The molecule has 1 fully saturated rings. The second-order valence-electron chi connectivity index (χ2n) is 5.61. The van der Waals surface area contributed by atoms with Crippen molar-refractivity contribution in [1.82, 2.24) is 15.3 Å². The maximum absolute atomic E-state index is 5.31. The summed E-state index contributed by atoms with van der Waals surface area (Å²) in [7, 11) is 1.66. The number of hydrogen-bond donors (Lipinski definition) is 1. The molecule has 5 heteroatoms. The van der Waals surface area contributed by atoms with Crippen molar-refractivity contribution >= 4 is 5.82 Å². The zero-order valence-electron chi connectivity index (χ0n) is 12.3. The van der Waals surface area contributed by atoms with Crippen molar-refractivity contribution in [2.75, 3.05) is 38.2 Å². The van der Waals surface area contributed by atoms with Gasteiger partial charge in [0.25, 0.3) is 0 Å². The molecule has 2 aliphatic heterocycles. The third-order valence-corrected chi connectivity index (χ3v) is 4.23. The van der Waals surface area contributed by atoms with E-state index in [4.69, 9.17) is 4.74 Å². The summed E-state index contributed by atoms with van der Waals surface area (Å²) < 4.78 is 5.31. The minimum absolute atomic E-state index is 0.518. The molecule has 1 N–H and O–H groups in total. The van der Waals surface area contributed by atoms with Crippen molar-refractivity contribution in [2.24, 2.45) is 0 Å². The van der Waals surface area contributed by atoms with Gasteiger partial charge in [-0.3, -0.25) is 0 Å². The molecule has 0 amide bonds. The van der Waals surface area contributed by atoms with E-state index in [1.807, 2.05) is 0 Å². The second kappa shape index (κ2) is 6.39. The van der Waals surface area contributed by atoms with Crippen molar-refractivity contribution in [1.29, 1.82) is 0 Å². The van der Waals surface area contributed by atoms with Crippen molar-refractivity contribution in [3.63, 3.8) is 0 Å². The summed E-state index contributed by atoms with van der Waals surface area (Å²) in [5, 5.41) is 3.45. The number of fused-ring (bicyclic) bond motifs is 1. The summed E-state index contributed by atoms with van der Waals surface area (Å²) >= 11 is 0. The third-order valence-electron chi connectivity index (χ3n) is 4.23. The van der Waals surface area contributed by atoms with Crippen molar-refractivity contribution in [2.45, 2.75) is 38.5 Å². The molecule has 0 bridgehead atoms. The van der Waals surface area contributed by atoms with Gasteiger partial charge in [0.1, 0.15) is 5.82 Å². The van der Waals surface area contributed by atoms with Crippen molar-refractivity contribution in [3.8, 4) is 6.01 Å². The molecule has 0 atom stereocenters. The van der Waals surface area contributed by atoms with Crippen LogP contribution in [-0.4, -0.2) is 43.3 Å². The molecule has 2 aliphatic rings. The molecule has 3 heterocycles. The summed E-state index contributed by atoms with van der Waals surface area (Å²) in [5.74, 6) is 1.12. The molecule has 0 aliphatic carbocycles. The van der Waals surface area contributed by atoms with Crippen LogP contribution in [0.25, 0.3) is 0 Å². The number of nitrogens with one attached hydrogen (secondary N) is 1. The largest absolute Gasteiger partial charge is 0.467 e. The number of ether oxygens (including phenoxy) is 1. The summed E-state index contributed by atoms with van der Waals surface area (Å²) in [6.07, 6.45) is 7.18. The predicted octanol–water partition coefficient (Wildman–Crippen LogP) is 1.55. The number of methoxy groups -OCH3 is 1. The van der Waals surface area contributed by atoms with Gasteiger partial charge in [0, 0.05) is 31.6 Å². The van der Waals surface area contributed by atoms with Crippen LogP contribution in [0.1, 0.15) is 36.9 Å². The Hall–Kier alpha value is -1.36. The molecule has 0 radical (unpaired) electrons. The number of anilines is 1. The molecule has 0 spiro atoms. The maximum atomic E-state index is 5.31. The van der Waals surface area contributed by atoms with Gasteiger partial charge in [-0.25, -0.2) is 0 Å². The first kappa shape index (κ1) is 13.6. The van der Waals surface area contributed by atoms with Crippen LogP contribution in [0.3, 0.4) is 0 Å².